The van der Waals surface area contributed by atoms with Gasteiger partial charge < -0.3 is 15.2 Å². The molecule has 1 fully saturated rings. The van der Waals surface area contributed by atoms with Gasteiger partial charge in [-0.15, -0.1) is 0 Å². The predicted octanol–water partition coefficient (Wildman–Crippen LogP) is 3.33. The van der Waals surface area contributed by atoms with E-state index in [9.17, 15) is 4.79 Å². The van der Waals surface area contributed by atoms with Crippen LogP contribution in [0.4, 0.5) is 4.79 Å². The molecule has 1 aliphatic heterocycles. The van der Waals surface area contributed by atoms with E-state index in [1.165, 1.54) is 24.1 Å². The van der Waals surface area contributed by atoms with Crippen LogP contribution in [0.5, 0.6) is 0 Å². The number of benzene rings is 1. The fraction of sp³-hybridized carbons (Fsp3) is 0.409. The van der Waals surface area contributed by atoms with Gasteiger partial charge in [-0.2, -0.15) is 5.10 Å². The van der Waals surface area contributed by atoms with Gasteiger partial charge in [-0.05, 0) is 18.4 Å². The molecule has 5 rings (SSSR count). The minimum absolute atomic E-state index is 0.0451. The largest absolute Gasteiger partial charge is 0.343 e. The molecule has 0 spiro atoms. The Kier molecular flexibility index (Phi) is 4.79. The molecule has 2 amide bonds. The summed E-state index contributed by atoms with van der Waals surface area (Å²) in [5, 5.41) is 8.11. The summed E-state index contributed by atoms with van der Waals surface area (Å²) < 4.78 is 2.08. The highest BCUT2D eigenvalue weighted by Gasteiger charge is 2.30. The number of nitrogens with zero attached hydrogens (tertiary/aromatic N) is 4. The third-order valence-corrected chi connectivity index (χ3v) is 6.00. The zero-order valence-electron chi connectivity index (χ0n) is 16.5. The van der Waals surface area contributed by atoms with Crippen molar-refractivity contribution in [1.82, 2.24) is 30.0 Å². The summed E-state index contributed by atoms with van der Waals surface area (Å²) in [6.07, 6.45) is 8.97. The lowest BCUT2D eigenvalue weighted by molar-refractivity contribution is 0.188. The summed E-state index contributed by atoms with van der Waals surface area (Å²) in [7, 11) is 0. The van der Waals surface area contributed by atoms with Gasteiger partial charge in [0.05, 0.1) is 13.1 Å². The SMILES string of the molecule is O=C(NC1CCCC1)N1CCc2c(c(-c3ncc[nH]3)nn2Cc2ccccc2)C1. The third-order valence-electron chi connectivity index (χ3n) is 6.00. The predicted molar refractivity (Wildman–Crippen MR) is 110 cm³/mol. The molecule has 2 aliphatic rings. The van der Waals surface area contributed by atoms with Gasteiger partial charge in [-0.3, -0.25) is 4.68 Å². The van der Waals surface area contributed by atoms with Crippen LogP contribution in [0.3, 0.4) is 0 Å². The lowest BCUT2D eigenvalue weighted by Crippen LogP contribution is -2.46. The first kappa shape index (κ1) is 18.0. The van der Waals surface area contributed by atoms with Crippen molar-refractivity contribution in [2.24, 2.45) is 0 Å². The van der Waals surface area contributed by atoms with Gasteiger partial charge in [-0.1, -0.05) is 43.2 Å². The molecule has 0 bridgehead atoms. The van der Waals surface area contributed by atoms with Crippen molar-refractivity contribution in [2.75, 3.05) is 6.54 Å². The summed E-state index contributed by atoms with van der Waals surface area (Å²) in [5.41, 5.74) is 4.36. The Morgan fingerprint density at radius 3 is 2.79 bits per heavy atom. The maximum Gasteiger partial charge on any atom is 0.317 e. The van der Waals surface area contributed by atoms with Crippen LogP contribution in [0.15, 0.2) is 42.7 Å². The molecule has 0 saturated heterocycles. The molecule has 3 aromatic rings. The van der Waals surface area contributed by atoms with E-state index in [2.05, 4.69) is 32.1 Å². The number of aromatic amines is 1. The van der Waals surface area contributed by atoms with E-state index in [0.29, 0.717) is 19.1 Å². The Bertz CT molecular complexity index is 972. The highest BCUT2D eigenvalue weighted by atomic mass is 16.2. The molecular weight excluding hydrogens is 364 g/mol. The second-order valence-corrected chi connectivity index (χ2v) is 7.96. The average Bonchev–Trinajstić information content (AvgIpc) is 3.50. The molecule has 0 atom stereocenters. The molecule has 3 heterocycles. The third kappa shape index (κ3) is 3.64. The topological polar surface area (TPSA) is 78.8 Å². The zero-order chi connectivity index (χ0) is 19.6. The fourth-order valence-corrected chi connectivity index (χ4v) is 4.47. The Balaban J connectivity index is 1.42. The lowest BCUT2D eigenvalue weighted by atomic mass is 10.0. The van der Waals surface area contributed by atoms with Crippen LogP contribution in [0.1, 0.15) is 42.5 Å². The van der Waals surface area contributed by atoms with E-state index in [1.54, 1.807) is 6.20 Å². The van der Waals surface area contributed by atoms with Crippen molar-refractivity contribution in [3.05, 3.63) is 59.5 Å². The first-order valence-corrected chi connectivity index (χ1v) is 10.5. The molecule has 1 aromatic carbocycles. The molecule has 2 N–H and O–H groups in total. The number of hydrogen-bond acceptors (Lipinski definition) is 3. The molecule has 29 heavy (non-hydrogen) atoms. The van der Waals surface area contributed by atoms with Crippen LogP contribution in [0, 0.1) is 0 Å². The van der Waals surface area contributed by atoms with Gasteiger partial charge in [0.25, 0.3) is 0 Å². The quantitative estimate of drug-likeness (QED) is 0.717. The summed E-state index contributed by atoms with van der Waals surface area (Å²) in [5.74, 6) is 0.756. The van der Waals surface area contributed by atoms with Gasteiger partial charge in [0.2, 0.25) is 0 Å². The molecule has 0 radical (unpaired) electrons. The first-order valence-electron chi connectivity index (χ1n) is 10.5. The van der Waals surface area contributed by atoms with Gasteiger partial charge in [0, 0.05) is 42.7 Å². The second kappa shape index (κ2) is 7.73. The monoisotopic (exact) mass is 390 g/mol. The minimum atomic E-state index is 0.0451. The smallest absolute Gasteiger partial charge is 0.317 e. The Labute approximate surface area is 170 Å². The zero-order valence-corrected chi connectivity index (χ0v) is 16.5. The van der Waals surface area contributed by atoms with Crippen LogP contribution in [-0.4, -0.2) is 43.3 Å². The lowest BCUT2D eigenvalue weighted by Gasteiger charge is -2.29. The maximum atomic E-state index is 12.8. The standard InChI is InChI=1S/C22H26N6O/c29-22(25-17-8-4-5-9-17)27-13-10-19-18(15-27)20(21-23-11-12-24-21)26-28(19)14-16-6-2-1-3-7-16/h1-3,6-7,11-12,17H,4-5,8-10,13-15H2,(H,23,24)(H,25,29). The summed E-state index contributed by atoms with van der Waals surface area (Å²) in [6.45, 7) is 2.00. The molecule has 1 saturated carbocycles. The maximum absolute atomic E-state index is 12.8. The highest BCUT2D eigenvalue weighted by molar-refractivity contribution is 5.75. The van der Waals surface area contributed by atoms with Crippen molar-refractivity contribution in [3.63, 3.8) is 0 Å². The van der Waals surface area contributed by atoms with Crippen molar-refractivity contribution in [1.29, 1.82) is 0 Å². The number of fused-ring (bicyclic) bond motifs is 1. The van der Waals surface area contributed by atoms with E-state index in [4.69, 9.17) is 5.10 Å². The number of carbonyl (C=O) groups is 1. The number of rotatable bonds is 4. The number of aromatic nitrogens is 4. The number of imidazole rings is 1. The van der Waals surface area contributed by atoms with Crippen molar-refractivity contribution < 1.29 is 4.79 Å². The molecule has 2 aromatic heterocycles. The van der Waals surface area contributed by atoms with Crippen LogP contribution >= 0.6 is 0 Å². The number of hydrogen-bond donors (Lipinski definition) is 2. The fourth-order valence-electron chi connectivity index (χ4n) is 4.47. The Morgan fingerprint density at radius 2 is 2.03 bits per heavy atom. The summed E-state index contributed by atoms with van der Waals surface area (Å²) in [4.78, 5) is 22.3. The van der Waals surface area contributed by atoms with Crippen LogP contribution < -0.4 is 5.32 Å². The van der Waals surface area contributed by atoms with E-state index >= 15 is 0 Å². The highest BCUT2D eigenvalue weighted by Crippen LogP contribution is 2.29. The number of carbonyl (C=O) groups excluding carboxylic acids is 1. The van der Waals surface area contributed by atoms with Gasteiger partial charge in [0.1, 0.15) is 5.69 Å². The van der Waals surface area contributed by atoms with E-state index in [1.807, 2.05) is 29.3 Å². The Morgan fingerprint density at radius 1 is 1.21 bits per heavy atom. The number of nitrogens with one attached hydrogen (secondary N) is 2. The molecule has 1 aliphatic carbocycles. The van der Waals surface area contributed by atoms with E-state index in [-0.39, 0.29) is 6.03 Å². The molecule has 150 valence electrons. The van der Waals surface area contributed by atoms with Crippen molar-refractivity contribution in [2.45, 2.75) is 51.2 Å². The number of H-pyrrole nitrogens is 1. The van der Waals surface area contributed by atoms with Gasteiger partial charge in [0.15, 0.2) is 5.82 Å². The average molecular weight is 390 g/mol. The molecule has 7 heteroatoms. The van der Waals surface area contributed by atoms with Crippen LogP contribution in [-0.2, 0) is 19.5 Å². The molecular formula is C22H26N6O. The normalized spacial score (nSPS) is 16.8. The number of urea groups is 1. The minimum Gasteiger partial charge on any atom is -0.343 e. The van der Waals surface area contributed by atoms with E-state index in [0.717, 1.165) is 42.9 Å². The molecule has 0 unspecified atom stereocenters. The molecule has 7 nitrogen and oxygen atoms in total. The number of amides is 2. The van der Waals surface area contributed by atoms with Crippen LogP contribution in [0.25, 0.3) is 11.5 Å². The first-order chi connectivity index (χ1) is 14.3. The van der Waals surface area contributed by atoms with Crippen molar-refractivity contribution >= 4 is 6.03 Å². The second-order valence-electron chi connectivity index (χ2n) is 7.96. The Hall–Kier alpha value is -3.09. The van der Waals surface area contributed by atoms with E-state index < -0.39 is 0 Å². The van der Waals surface area contributed by atoms with Crippen molar-refractivity contribution in [3.8, 4) is 11.5 Å². The van der Waals surface area contributed by atoms with Gasteiger partial charge in [-0.25, -0.2) is 9.78 Å². The van der Waals surface area contributed by atoms with Gasteiger partial charge >= 0.3 is 6.03 Å². The summed E-state index contributed by atoms with van der Waals surface area (Å²) >= 11 is 0. The summed E-state index contributed by atoms with van der Waals surface area (Å²) in [6, 6.07) is 10.7. The van der Waals surface area contributed by atoms with Crippen LogP contribution in [0.2, 0.25) is 0 Å².